The summed E-state index contributed by atoms with van der Waals surface area (Å²) in [5.74, 6) is 0.396. The Balaban J connectivity index is 2.01. The zero-order valence-electron chi connectivity index (χ0n) is 16.6. The molecule has 2 aromatic rings. The minimum atomic E-state index is -0.154. The second-order valence-corrected chi connectivity index (χ2v) is 9.17. The molecule has 0 aromatic heterocycles. The molecule has 1 atom stereocenters. The van der Waals surface area contributed by atoms with Gasteiger partial charge < -0.3 is 9.94 Å². The molecule has 0 saturated carbocycles. The summed E-state index contributed by atoms with van der Waals surface area (Å²) < 4.78 is 0. The second kappa shape index (κ2) is 6.46. The lowest BCUT2D eigenvalue weighted by Gasteiger charge is -2.28. The van der Waals surface area contributed by atoms with Crippen LogP contribution in [0.1, 0.15) is 76.3 Å². The zero-order valence-corrected chi connectivity index (χ0v) is 16.6. The third-order valence-electron chi connectivity index (χ3n) is 4.90. The van der Waals surface area contributed by atoms with Crippen LogP contribution in [0.3, 0.4) is 0 Å². The van der Waals surface area contributed by atoms with E-state index in [4.69, 9.17) is 4.84 Å². The predicted molar refractivity (Wildman–Crippen MR) is 107 cm³/mol. The third-order valence-corrected chi connectivity index (χ3v) is 4.90. The highest BCUT2D eigenvalue weighted by Crippen LogP contribution is 2.41. The number of hydrogen-bond donors (Lipinski definition) is 1. The van der Waals surface area contributed by atoms with Gasteiger partial charge in [-0.05, 0) is 28.5 Å². The van der Waals surface area contributed by atoms with E-state index in [1.807, 2.05) is 18.2 Å². The van der Waals surface area contributed by atoms with Crippen LogP contribution < -0.4 is 0 Å². The van der Waals surface area contributed by atoms with Gasteiger partial charge >= 0.3 is 0 Å². The molecule has 0 amide bonds. The Morgan fingerprint density at radius 1 is 0.923 bits per heavy atom. The van der Waals surface area contributed by atoms with E-state index < -0.39 is 0 Å². The highest BCUT2D eigenvalue weighted by molar-refractivity contribution is 6.02. The molecule has 3 heteroatoms. The molecule has 1 aliphatic heterocycles. The van der Waals surface area contributed by atoms with Crippen LogP contribution in [-0.4, -0.2) is 10.8 Å². The smallest absolute Gasteiger partial charge is 0.158 e. The summed E-state index contributed by atoms with van der Waals surface area (Å²) in [4.78, 5) is 5.71. The SMILES string of the molecule is CC(C)(C)c1cc(C2=NO[C@@H](c3ccccc3)C2)cc(C(C)(C)C)c1O. The number of phenols is 1. The summed E-state index contributed by atoms with van der Waals surface area (Å²) in [6.07, 6.45) is 0.693. The van der Waals surface area contributed by atoms with E-state index in [9.17, 15) is 5.11 Å². The van der Waals surface area contributed by atoms with E-state index in [1.165, 1.54) is 0 Å². The maximum atomic E-state index is 10.9. The molecule has 0 radical (unpaired) electrons. The molecule has 0 bridgehead atoms. The van der Waals surface area contributed by atoms with Crippen LogP contribution in [0.25, 0.3) is 0 Å². The lowest BCUT2D eigenvalue weighted by molar-refractivity contribution is 0.0857. The Labute approximate surface area is 156 Å². The highest BCUT2D eigenvalue weighted by atomic mass is 16.6. The van der Waals surface area contributed by atoms with Crippen LogP contribution in [0.4, 0.5) is 0 Å². The molecular weight excluding hydrogens is 322 g/mol. The molecule has 0 saturated heterocycles. The van der Waals surface area contributed by atoms with Crippen molar-refractivity contribution in [3.05, 3.63) is 64.7 Å². The normalized spacial score (nSPS) is 17.8. The zero-order chi connectivity index (χ0) is 19.1. The van der Waals surface area contributed by atoms with Crippen LogP contribution >= 0.6 is 0 Å². The monoisotopic (exact) mass is 351 g/mol. The maximum absolute atomic E-state index is 10.9. The number of phenolic OH excluding ortho intramolecular Hbond substituents is 1. The summed E-state index contributed by atoms with van der Waals surface area (Å²) in [7, 11) is 0. The standard InChI is InChI=1S/C23H29NO2/c1-22(2,3)17-12-16(13-18(21(17)25)23(4,5)6)19-14-20(26-24-19)15-10-8-7-9-11-15/h7-13,20,25H,14H2,1-6H3/t20-/m1/s1. The molecule has 1 aliphatic rings. The van der Waals surface area contributed by atoms with Gasteiger partial charge in [-0.2, -0.15) is 0 Å². The molecule has 0 fully saturated rings. The first kappa shape index (κ1) is 18.5. The number of nitrogens with zero attached hydrogens (tertiary/aromatic N) is 1. The molecule has 3 nitrogen and oxygen atoms in total. The summed E-state index contributed by atoms with van der Waals surface area (Å²) in [6.45, 7) is 12.7. The minimum absolute atomic E-state index is 0.0452. The van der Waals surface area contributed by atoms with Crippen molar-refractivity contribution >= 4 is 5.71 Å². The lowest BCUT2D eigenvalue weighted by Crippen LogP contribution is -2.18. The van der Waals surface area contributed by atoms with E-state index in [0.29, 0.717) is 5.75 Å². The van der Waals surface area contributed by atoms with Crippen LogP contribution in [-0.2, 0) is 15.7 Å². The molecule has 138 valence electrons. The van der Waals surface area contributed by atoms with Crippen LogP contribution in [0.15, 0.2) is 47.6 Å². The van der Waals surface area contributed by atoms with Crippen molar-refractivity contribution in [1.29, 1.82) is 0 Å². The fourth-order valence-electron chi connectivity index (χ4n) is 3.34. The molecule has 3 rings (SSSR count). The van der Waals surface area contributed by atoms with E-state index in [0.717, 1.165) is 34.4 Å². The Hall–Kier alpha value is -2.29. The molecule has 1 N–H and O–H groups in total. The molecule has 0 unspecified atom stereocenters. The first-order chi connectivity index (χ1) is 12.1. The molecule has 0 spiro atoms. The van der Waals surface area contributed by atoms with Crippen molar-refractivity contribution in [2.45, 2.75) is 64.9 Å². The Bertz CT molecular complexity index is 789. The van der Waals surface area contributed by atoms with Crippen LogP contribution in [0, 0.1) is 0 Å². The van der Waals surface area contributed by atoms with Gasteiger partial charge in [0.15, 0.2) is 6.10 Å². The average molecular weight is 351 g/mol. The van der Waals surface area contributed by atoms with Crippen molar-refractivity contribution in [2.24, 2.45) is 5.16 Å². The van der Waals surface area contributed by atoms with E-state index in [2.05, 4.69) is 71.0 Å². The Morgan fingerprint density at radius 2 is 1.46 bits per heavy atom. The molecule has 2 aromatic carbocycles. The van der Waals surface area contributed by atoms with Gasteiger partial charge in [0.25, 0.3) is 0 Å². The summed E-state index contributed by atoms with van der Waals surface area (Å²) in [5.41, 5.74) is 4.71. The Kier molecular flexibility index (Phi) is 4.60. The van der Waals surface area contributed by atoms with Gasteiger partial charge in [-0.3, -0.25) is 0 Å². The second-order valence-electron chi connectivity index (χ2n) is 9.17. The first-order valence-electron chi connectivity index (χ1n) is 9.23. The van der Waals surface area contributed by atoms with Gasteiger partial charge in [0, 0.05) is 23.1 Å². The Morgan fingerprint density at radius 3 is 1.96 bits per heavy atom. The number of oxime groups is 1. The average Bonchev–Trinajstić information content (AvgIpc) is 3.03. The van der Waals surface area contributed by atoms with Gasteiger partial charge in [-0.1, -0.05) is 77.0 Å². The highest BCUT2D eigenvalue weighted by Gasteiger charge is 2.30. The van der Waals surface area contributed by atoms with Crippen molar-refractivity contribution in [1.82, 2.24) is 0 Å². The minimum Gasteiger partial charge on any atom is -0.507 e. The van der Waals surface area contributed by atoms with Gasteiger partial charge in [-0.15, -0.1) is 0 Å². The number of hydrogen-bond acceptors (Lipinski definition) is 3. The fourth-order valence-corrected chi connectivity index (χ4v) is 3.34. The van der Waals surface area contributed by atoms with Gasteiger partial charge in [0.1, 0.15) is 5.75 Å². The van der Waals surface area contributed by atoms with Crippen LogP contribution in [0.2, 0.25) is 0 Å². The van der Waals surface area contributed by atoms with Gasteiger partial charge in [0.05, 0.1) is 5.71 Å². The van der Waals surface area contributed by atoms with Gasteiger partial charge in [0.2, 0.25) is 0 Å². The van der Waals surface area contributed by atoms with Crippen molar-refractivity contribution in [2.75, 3.05) is 0 Å². The van der Waals surface area contributed by atoms with Crippen molar-refractivity contribution in [3.63, 3.8) is 0 Å². The third kappa shape index (κ3) is 3.62. The molecular formula is C23H29NO2. The predicted octanol–water partition coefficient (Wildman–Crippen LogP) is 5.85. The van der Waals surface area contributed by atoms with Gasteiger partial charge in [-0.25, -0.2) is 0 Å². The topological polar surface area (TPSA) is 41.8 Å². The summed E-state index contributed by atoms with van der Waals surface area (Å²) in [5, 5.41) is 15.3. The fraction of sp³-hybridized carbons (Fsp3) is 0.435. The summed E-state index contributed by atoms with van der Waals surface area (Å²) >= 11 is 0. The number of rotatable bonds is 2. The first-order valence-corrected chi connectivity index (χ1v) is 9.23. The molecule has 0 aliphatic carbocycles. The van der Waals surface area contributed by atoms with Crippen molar-refractivity contribution < 1.29 is 9.94 Å². The van der Waals surface area contributed by atoms with E-state index >= 15 is 0 Å². The number of benzene rings is 2. The van der Waals surface area contributed by atoms with E-state index in [1.54, 1.807) is 0 Å². The molecule has 1 heterocycles. The van der Waals surface area contributed by atoms with Crippen molar-refractivity contribution in [3.8, 4) is 5.75 Å². The quantitative estimate of drug-likeness (QED) is 0.737. The largest absolute Gasteiger partial charge is 0.507 e. The lowest BCUT2D eigenvalue weighted by atomic mass is 9.77. The van der Waals surface area contributed by atoms with E-state index in [-0.39, 0.29) is 16.9 Å². The maximum Gasteiger partial charge on any atom is 0.158 e. The number of aromatic hydroxyl groups is 1. The summed E-state index contributed by atoms with van der Waals surface area (Å²) in [6, 6.07) is 14.3. The molecule has 26 heavy (non-hydrogen) atoms. The van der Waals surface area contributed by atoms with Crippen LogP contribution in [0.5, 0.6) is 5.75 Å².